The van der Waals surface area contributed by atoms with Crippen molar-refractivity contribution in [3.8, 4) is 23.0 Å². The molecule has 0 spiro atoms. The highest BCUT2D eigenvalue weighted by Crippen LogP contribution is 2.38. The predicted molar refractivity (Wildman–Crippen MR) is 108 cm³/mol. The van der Waals surface area contributed by atoms with Gasteiger partial charge in [0.15, 0.2) is 16.6 Å². The number of anilines is 1. The molecule has 0 saturated heterocycles. The van der Waals surface area contributed by atoms with Gasteiger partial charge in [0.05, 0.1) is 33.5 Å². The summed E-state index contributed by atoms with van der Waals surface area (Å²) in [6.45, 7) is 0. The van der Waals surface area contributed by atoms with Crippen LogP contribution in [0.2, 0.25) is 5.02 Å². The van der Waals surface area contributed by atoms with E-state index in [0.717, 1.165) is 0 Å². The molecule has 1 amide bonds. The molecule has 0 fully saturated rings. The minimum atomic E-state index is -0.439. The molecule has 0 aliphatic rings. The average Bonchev–Trinajstić information content (AvgIpc) is 2.66. The van der Waals surface area contributed by atoms with Gasteiger partial charge in [-0.05, 0) is 42.5 Å². The molecule has 0 heterocycles. The van der Waals surface area contributed by atoms with E-state index in [1.807, 2.05) is 0 Å². The summed E-state index contributed by atoms with van der Waals surface area (Å²) in [5, 5.41) is 6.00. The molecule has 0 unspecified atom stereocenters. The minimum absolute atomic E-state index is 0.106. The Bertz CT molecular complexity index is 835. The number of methoxy groups -OCH3 is 4. The van der Waals surface area contributed by atoms with Crippen molar-refractivity contribution in [3.63, 3.8) is 0 Å². The molecule has 0 bridgehead atoms. The van der Waals surface area contributed by atoms with Crippen LogP contribution in [0.25, 0.3) is 0 Å². The Balaban J connectivity index is 2.14. The molecule has 0 aromatic heterocycles. The Hall–Kier alpha value is -2.71. The van der Waals surface area contributed by atoms with Crippen LogP contribution in [0.15, 0.2) is 30.3 Å². The van der Waals surface area contributed by atoms with Crippen LogP contribution >= 0.6 is 23.8 Å². The highest BCUT2D eigenvalue weighted by molar-refractivity contribution is 7.80. The first-order chi connectivity index (χ1) is 12.9. The predicted octanol–water partition coefficient (Wildman–Crippen LogP) is 3.50. The third kappa shape index (κ3) is 4.93. The van der Waals surface area contributed by atoms with Gasteiger partial charge < -0.3 is 24.3 Å². The van der Waals surface area contributed by atoms with Crippen LogP contribution in [-0.2, 0) is 0 Å². The number of halogens is 1. The Morgan fingerprint density at radius 2 is 1.52 bits per heavy atom. The molecule has 144 valence electrons. The molecule has 7 nitrogen and oxygen atoms in total. The number of amides is 1. The molecule has 0 atom stereocenters. The van der Waals surface area contributed by atoms with Crippen LogP contribution in [0.5, 0.6) is 23.0 Å². The number of carbonyl (C=O) groups is 1. The maximum atomic E-state index is 12.5. The molecule has 0 saturated carbocycles. The zero-order valence-corrected chi connectivity index (χ0v) is 16.8. The van der Waals surface area contributed by atoms with Gasteiger partial charge in [-0.25, -0.2) is 0 Å². The van der Waals surface area contributed by atoms with Crippen LogP contribution in [0.3, 0.4) is 0 Å². The third-order valence-electron chi connectivity index (χ3n) is 3.56. The smallest absolute Gasteiger partial charge is 0.257 e. The second kappa shape index (κ2) is 9.29. The van der Waals surface area contributed by atoms with Gasteiger partial charge in [0.25, 0.3) is 5.91 Å². The molecule has 27 heavy (non-hydrogen) atoms. The van der Waals surface area contributed by atoms with Gasteiger partial charge in [-0.15, -0.1) is 0 Å². The average molecular weight is 411 g/mol. The topological polar surface area (TPSA) is 78.1 Å². The normalized spacial score (nSPS) is 9.96. The van der Waals surface area contributed by atoms with Gasteiger partial charge >= 0.3 is 0 Å². The number of carbonyl (C=O) groups excluding carboxylic acids is 1. The number of benzene rings is 2. The van der Waals surface area contributed by atoms with Crippen molar-refractivity contribution in [3.05, 3.63) is 40.9 Å². The number of ether oxygens (including phenoxy) is 4. The van der Waals surface area contributed by atoms with E-state index >= 15 is 0 Å². The van der Waals surface area contributed by atoms with E-state index in [1.54, 1.807) is 18.2 Å². The van der Waals surface area contributed by atoms with Crippen LogP contribution < -0.4 is 29.6 Å². The maximum absolute atomic E-state index is 12.5. The van der Waals surface area contributed by atoms with E-state index in [0.29, 0.717) is 39.3 Å². The largest absolute Gasteiger partial charge is 0.495 e. The number of hydrogen-bond acceptors (Lipinski definition) is 6. The maximum Gasteiger partial charge on any atom is 0.257 e. The van der Waals surface area contributed by atoms with Gasteiger partial charge in [-0.3, -0.25) is 10.1 Å². The van der Waals surface area contributed by atoms with Crippen LogP contribution in [-0.4, -0.2) is 39.5 Å². The highest BCUT2D eigenvalue weighted by Gasteiger charge is 2.17. The Morgan fingerprint density at radius 3 is 2.00 bits per heavy atom. The van der Waals surface area contributed by atoms with Crippen molar-refractivity contribution < 1.29 is 23.7 Å². The lowest BCUT2D eigenvalue weighted by atomic mass is 10.1. The van der Waals surface area contributed by atoms with Crippen molar-refractivity contribution in [2.45, 2.75) is 0 Å². The molecule has 0 radical (unpaired) electrons. The molecule has 2 rings (SSSR count). The number of thiocarbonyl (C=S) groups is 1. The van der Waals surface area contributed by atoms with Crippen molar-refractivity contribution in [1.29, 1.82) is 0 Å². The molecule has 2 N–H and O–H groups in total. The van der Waals surface area contributed by atoms with E-state index in [-0.39, 0.29) is 5.11 Å². The van der Waals surface area contributed by atoms with E-state index < -0.39 is 5.91 Å². The van der Waals surface area contributed by atoms with Gasteiger partial charge in [0.2, 0.25) is 5.75 Å². The lowest BCUT2D eigenvalue weighted by Gasteiger charge is -2.15. The molecular weight excluding hydrogens is 392 g/mol. The summed E-state index contributed by atoms with van der Waals surface area (Å²) in [6.07, 6.45) is 0. The first-order valence-corrected chi connectivity index (χ1v) is 8.48. The number of rotatable bonds is 6. The van der Waals surface area contributed by atoms with Crippen LogP contribution in [0, 0.1) is 0 Å². The van der Waals surface area contributed by atoms with E-state index in [4.69, 9.17) is 42.8 Å². The standard InChI is InChI=1S/C18H19ClN2O5S/c1-23-13-6-5-11(9-12(13)19)20-18(27)21-17(22)10-7-14(24-2)16(26-4)15(8-10)25-3/h5-9H,1-4H3,(H2,20,21,22,27). The molecule has 0 aliphatic carbocycles. The zero-order chi connectivity index (χ0) is 20.0. The van der Waals surface area contributed by atoms with Crippen LogP contribution in [0.1, 0.15) is 10.4 Å². The third-order valence-corrected chi connectivity index (χ3v) is 4.06. The minimum Gasteiger partial charge on any atom is -0.495 e. The Morgan fingerprint density at radius 1 is 0.926 bits per heavy atom. The van der Waals surface area contributed by atoms with Crippen molar-refractivity contribution in [1.82, 2.24) is 5.32 Å². The zero-order valence-electron chi connectivity index (χ0n) is 15.2. The number of hydrogen-bond donors (Lipinski definition) is 2. The quantitative estimate of drug-likeness (QED) is 0.705. The summed E-state index contributed by atoms with van der Waals surface area (Å²) < 4.78 is 20.8. The molecule has 9 heteroatoms. The molecule has 0 aliphatic heterocycles. The summed E-state index contributed by atoms with van der Waals surface area (Å²) >= 11 is 11.3. The Labute approximate surface area is 167 Å². The van der Waals surface area contributed by atoms with Gasteiger partial charge in [0, 0.05) is 11.3 Å². The van der Waals surface area contributed by atoms with Crippen molar-refractivity contribution >= 4 is 40.5 Å². The monoisotopic (exact) mass is 410 g/mol. The van der Waals surface area contributed by atoms with Crippen molar-refractivity contribution in [2.75, 3.05) is 33.8 Å². The fourth-order valence-electron chi connectivity index (χ4n) is 2.29. The van der Waals surface area contributed by atoms with Crippen molar-refractivity contribution in [2.24, 2.45) is 0 Å². The van der Waals surface area contributed by atoms with E-state index in [9.17, 15) is 4.79 Å². The Kier molecular flexibility index (Phi) is 7.09. The summed E-state index contributed by atoms with van der Waals surface area (Å²) in [5.74, 6) is 1.22. The van der Waals surface area contributed by atoms with Gasteiger partial charge in [0.1, 0.15) is 5.75 Å². The first kappa shape index (κ1) is 20.6. The van der Waals surface area contributed by atoms with Gasteiger partial charge in [-0.2, -0.15) is 0 Å². The fraction of sp³-hybridized carbons (Fsp3) is 0.222. The molecular formula is C18H19ClN2O5S. The lowest BCUT2D eigenvalue weighted by Crippen LogP contribution is -2.34. The van der Waals surface area contributed by atoms with Crippen LogP contribution in [0.4, 0.5) is 5.69 Å². The van der Waals surface area contributed by atoms with E-state index in [2.05, 4.69) is 10.6 Å². The highest BCUT2D eigenvalue weighted by atomic mass is 35.5. The lowest BCUT2D eigenvalue weighted by molar-refractivity contribution is 0.0977. The number of nitrogens with one attached hydrogen (secondary N) is 2. The molecule has 2 aromatic rings. The SMILES string of the molecule is COc1ccc(NC(=S)NC(=O)c2cc(OC)c(OC)c(OC)c2)cc1Cl. The fourth-order valence-corrected chi connectivity index (χ4v) is 2.76. The molecule has 2 aromatic carbocycles. The summed E-state index contributed by atoms with van der Waals surface area (Å²) in [5.41, 5.74) is 0.900. The first-order valence-electron chi connectivity index (χ1n) is 7.69. The second-order valence-corrected chi connectivity index (χ2v) is 5.99. The summed E-state index contributed by atoms with van der Waals surface area (Å²) in [6, 6.07) is 8.11. The summed E-state index contributed by atoms with van der Waals surface area (Å²) in [4.78, 5) is 12.5. The second-order valence-electron chi connectivity index (χ2n) is 5.17. The summed E-state index contributed by atoms with van der Waals surface area (Å²) in [7, 11) is 5.95. The van der Waals surface area contributed by atoms with E-state index in [1.165, 1.54) is 40.6 Å². The van der Waals surface area contributed by atoms with Gasteiger partial charge in [-0.1, -0.05) is 11.6 Å².